The lowest BCUT2D eigenvalue weighted by atomic mass is 10.1. The first-order valence-electron chi connectivity index (χ1n) is 7.10. The van der Waals surface area contributed by atoms with Crippen molar-refractivity contribution in [1.29, 1.82) is 0 Å². The van der Waals surface area contributed by atoms with Gasteiger partial charge in [-0.3, -0.25) is 9.48 Å². The Hall–Kier alpha value is -2.35. The van der Waals surface area contributed by atoms with Crippen LogP contribution in [0.15, 0.2) is 41.6 Å². The van der Waals surface area contributed by atoms with E-state index in [4.69, 9.17) is 4.74 Å². The van der Waals surface area contributed by atoms with E-state index in [1.54, 1.807) is 14.2 Å². The topological polar surface area (TPSA) is 90.3 Å². The lowest BCUT2D eigenvalue weighted by Crippen LogP contribution is -2.32. The van der Waals surface area contributed by atoms with Crippen LogP contribution in [0, 0.1) is 5.92 Å². The maximum Gasteiger partial charge on any atom is 0.267 e. The smallest absolute Gasteiger partial charge is 0.267 e. The van der Waals surface area contributed by atoms with Crippen LogP contribution in [0.25, 0.3) is 0 Å². The fourth-order valence-electron chi connectivity index (χ4n) is 2.61. The molecule has 0 radical (unpaired) electrons. The molecule has 0 bridgehead atoms. The highest BCUT2D eigenvalue weighted by atomic mass is 32.2. The minimum Gasteiger partial charge on any atom is -0.496 e. The van der Waals surface area contributed by atoms with Gasteiger partial charge in [-0.2, -0.15) is 5.10 Å². The van der Waals surface area contributed by atoms with Gasteiger partial charge in [-0.15, -0.1) is 0 Å². The van der Waals surface area contributed by atoms with Crippen molar-refractivity contribution in [3.63, 3.8) is 0 Å². The summed E-state index contributed by atoms with van der Waals surface area (Å²) in [7, 11) is -0.696. The Morgan fingerprint density at radius 3 is 2.78 bits per heavy atom. The number of nitrogens with one attached hydrogen (secondary N) is 1. The van der Waals surface area contributed by atoms with Crippen LogP contribution in [-0.2, 0) is 21.9 Å². The highest BCUT2D eigenvalue weighted by Crippen LogP contribution is 2.50. The normalized spacial score (nSPS) is 20.1. The van der Waals surface area contributed by atoms with Gasteiger partial charge in [0.2, 0.25) is 5.91 Å². The predicted molar refractivity (Wildman–Crippen MR) is 82.4 cm³/mol. The third-order valence-electron chi connectivity index (χ3n) is 3.89. The molecule has 1 aromatic carbocycles. The number of benzene rings is 1. The first-order valence-corrected chi connectivity index (χ1v) is 8.59. The maximum atomic E-state index is 12.2. The summed E-state index contributed by atoms with van der Waals surface area (Å²) in [6.07, 6.45) is 3.16. The molecule has 23 heavy (non-hydrogen) atoms. The molecular weight excluding hydrogens is 318 g/mol. The minimum atomic E-state index is -3.88. The van der Waals surface area contributed by atoms with Crippen molar-refractivity contribution < 1.29 is 17.9 Å². The van der Waals surface area contributed by atoms with Crippen LogP contribution in [0.2, 0.25) is 0 Å². The minimum absolute atomic E-state index is 0.0183. The van der Waals surface area contributed by atoms with Crippen molar-refractivity contribution in [1.82, 2.24) is 14.5 Å². The zero-order valence-corrected chi connectivity index (χ0v) is 13.6. The van der Waals surface area contributed by atoms with Crippen molar-refractivity contribution in [2.75, 3.05) is 7.11 Å². The van der Waals surface area contributed by atoms with Gasteiger partial charge in [0.1, 0.15) is 10.6 Å². The second-order valence-corrected chi connectivity index (χ2v) is 7.19. The molecule has 1 aromatic heterocycles. The van der Waals surface area contributed by atoms with Gasteiger partial charge in [-0.25, -0.2) is 13.1 Å². The van der Waals surface area contributed by atoms with Crippen LogP contribution in [0.3, 0.4) is 0 Å². The Labute approximate surface area is 134 Å². The summed E-state index contributed by atoms with van der Waals surface area (Å²) in [5, 5.41) is 3.81. The van der Waals surface area contributed by atoms with Crippen molar-refractivity contribution >= 4 is 15.9 Å². The molecule has 2 atom stereocenters. The Morgan fingerprint density at radius 1 is 1.39 bits per heavy atom. The average Bonchev–Trinajstić information content (AvgIpc) is 3.20. The summed E-state index contributed by atoms with van der Waals surface area (Å²) in [4.78, 5) is 12.2. The van der Waals surface area contributed by atoms with Crippen molar-refractivity contribution in [2.45, 2.75) is 17.2 Å². The molecule has 3 rings (SSSR count). The second kappa shape index (κ2) is 5.69. The molecule has 1 aliphatic carbocycles. The summed E-state index contributed by atoms with van der Waals surface area (Å²) in [5.74, 6) is -0.166. The van der Waals surface area contributed by atoms with Gasteiger partial charge in [-0.1, -0.05) is 18.2 Å². The standard InChI is InChI=1S/C15H17N3O4S/c1-18-9-10(8-16-18)23(20,21)17-15(19)13-7-12(13)11-5-3-4-6-14(11)22-2/h3-6,8-9,12-13H,7H2,1-2H3,(H,17,19)/t12-,13-/m1/s1. The number of rotatable bonds is 5. The van der Waals surface area contributed by atoms with E-state index in [1.807, 2.05) is 24.3 Å². The molecule has 1 fully saturated rings. The molecule has 1 amide bonds. The molecule has 1 aliphatic rings. The monoisotopic (exact) mass is 335 g/mol. The molecule has 0 aliphatic heterocycles. The zero-order valence-electron chi connectivity index (χ0n) is 12.8. The quantitative estimate of drug-likeness (QED) is 0.881. The third kappa shape index (κ3) is 3.07. The predicted octanol–water partition coefficient (Wildman–Crippen LogP) is 1.04. The number of amides is 1. The largest absolute Gasteiger partial charge is 0.496 e. The number of aryl methyl sites for hydroxylation is 1. The fourth-order valence-corrected chi connectivity index (χ4v) is 3.62. The molecule has 0 spiro atoms. The zero-order chi connectivity index (χ0) is 16.6. The van der Waals surface area contributed by atoms with E-state index in [9.17, 15) is 13.2 Å². The number of nitrogens with zero attached hydrogens (tertiary/aromatic N) is 2. The van der Waals surface area contributed by atoms with Crippen LogP contribution < -0.4 is 9.46 Å². The lowest BCUT2D eigenvalue weighted by molar-refractivity contribution is -0.120. The van der Waals surface area contributed by atoms with E-state index in [0.717, 1.165) is 5.56 Å². The maximum absolute atomic E-state index is 12.2. The number of para-hydroxylation sites is 1. The van der Waals surface area contributed by atoms with E-state index in [-0.39, 0.29) is 16.7 Å². The summed E-state index contributed by atoms with van der Waals surface area (Å²) >= 11 is 0. The number of hydrogen-bond acceptors (Lipinski definition) is 5. The van der Waals surface area contributed by atoms with Gasteiger partial charge in [-0.05, 0) is 24.0 Å². The molecule has 8 heteroatoms. The molecule has 1 N–H and O–H groups in total. The second-order valence-electron chi connectivity index (χ2n) is 5.51. The van der Waals surface area contributed by atoms with Crippen molar-refractivity contribution in [3.05, 3.63) is 42.2 Å². The highest BCUT2D eigenvalue weighted by Gasteiger charge is 2.46. The van der Waals surface area contributed by atoms with Crippen LogP contribution in [0.4, 0.5) is 0 Å². The van der Waals surface area contributed by atoms with Crippen molar-refractivity contribution in [3.8, 4) is 5.75 Å². The molecular formula is C15H17N3O4S. The van der Waals surface area contributed by atoms with Gasteiger partial charge in [0.15, 0.2) is 0 Å². The molecule has 122 valence electrons. The number of aromatic nitrogens is 2. The first-order chi connectivity index (χ1) is 10.9. The van der Waals surface area contributed by atoms with E-state index < -0.39 is 15.9 Å². The Bertz CT molecular complexity index is 844. The summed E-state index contributed by atoms with van der Waals surface area (Å²) in [5.41, 5.74) is 0.925. The highest BCUT2D eigenvalue weighted by molar-refractivity contribution is 7.90. The van der Waals surface area contributed by atoms with E-state index >= 15 is 0 Å². The van der Waals surface area contributed by atoms with E-state index in [0.29, 0.717) is 12.2 Å². The summed E-state index contributed by atoms with van der Waals surface area (Å²) in [6, 6.07) is 7.45. The van der Waals surface area contributed by atoms with Gasteiger partial charge in [0.25, 0.3) is 10.0 Å². The number of hydrogen-bond donors (Lipinski definition) is 1. The molecule has 0 saturated heterocycles. The van der Waals surface area contributed by atoms with Gasteiger partial charge in [0.05, 0.1) is 13.3 Å². The van der Waals surface area contributed by atoms with Gasteiger partial charge < -0.3 is 4.74 Å². The number of ether oxygens (including phenoxy) is 1. The van der Waals surface area contributed by atoms with Crippen LogP contribution in [-0.4, -0.2) is 31.2 Å². The first kappa shape index (κ1) is 15.5. The third-order valence-corrected chi connectivity index (χ3v) is 5.19. The molecule has 7 nitrogen and oxygen atoms in total. The fraction of sp³-hybridized carbons (Fsp3) is 0.333. The van der Waals surface area contributed by atoms with Gasteiger partial charge in [0, 0.05) is 19.2 Å². The summed E-state index contributed by atoms with van der Waals surface area (Å²) in [6.45, 7) is 0. The molecule has 1 saturated carbocycles. The van der Waals surface area contributed by atoms with E-state index in [2.05, 4.69) is 9.82 Å². The Balaban J connectivity index is 1.71. The number of carbonyl (C=O) groups excluding carboxylic acids is 1. The van der Waals surface area contributed by atoms with Gasteiger partial charge >= 0.3 is 0 Å². The van der Waals surface area contributed by atoms with Crippen LogP contribution >= 0.6 is 0 Å². The molecule has 2 aromatic rings. The van der Waals surface area contributed by atoms with Crippen LogP contribution in [0.5, 0.6) is 5.75 Å². The Kier molecular flexibility index (Phi) is 3.85. The van der Waals surface area contributed by atoms with Crippen molar-refractivity contribution in [2.24, 2.45) is 13.0 Å². The SMILES string of the molecule is COc1ccccc1[C@H]1C[C@H]1C(=O)NS(=O)(=O)c1cnn(C)c1. The van der Waals surface area contributed by atoms with E-state index in [1.165, 1.54) is 17.1 Å². The Morgan fingerprint density at radius 2 is 2.13 bits per heavy atom. The lowest BCUT2D eigenvalue weighted by Gasteiger charge is -2.08. The summed E-state index contributed by atoms with van der Waals surface area (Å²) < 4.78 is 33.1. The number of sulfonamides is 1. The number of methoxy groups -OCH3 is 1. The number of carbonyl (C=O) groups is 1. The molecule has 0 unspecified atom stereocenters. The average molecular weight is 335 g/mol. The molecule has 1 heterocycles. The van der Waals surface area contributed by atoms with Crippen LogP contribution in [0.1, 0.15) is 17.9 Å².